The highest BCUT2D eigenvalue weighted by Gasteiger charge is 2.27. The largest absolute Gasteiger partial charge is 0.340 e. The number of nitrogens with one attached hydrogen (secondary N) is 1. The smallest absolute Gasteiger partial charge is 0.227 e. The second-order valence-corrected chi connectivity index (χ2v) is 4.16. The maximum Gasteiger partial charge on any atom is 0.227 e. The van der Waals surface area contributed by atoms with E-state index in [2.05, 4.69) is 5.32 Å². The van der Waals surface area contributed by atoms with Gasteiger partial charge in [0.05, 0.1) is 5.92 Å². The van der Waals surface area contributed by atoms with Gasteiger partial charge in [0.2, 0.25) is 5.91 Å². The molecule has 15 heavy (non-hydrogen) atoms. The van der Waals surface area contributed by atoms with E-state index in [0.29, 0.717) is 0 Å². The molecule has 0 saturated carbocycles. The van der Waals surface area contributed by atoms with E-state index in [1.807, 2.05) is 18.7 Å². The first-order valence-corrected chi connectivity index (χ1v) is 5.95. The summed E-state index contributed by atoms with van der Waals surface area (Å²) >= 11 is 0. The topological polar surface area (TPSA) is 58.4 Å². The zero-order chi connectivity index (χ0) is 11.3. The van der Waals surface area contributed by atoms with Crippen LogP contribution in [0.15, 0.2) is 0 Å². The molecule has 4 nitrogen and oxygen atoms in total. The highest BCUT2D eigenvalue weighted by molar-refractivity contribution is 5.79. The fourth-order valence-corrected chi connectivity index (χ4v) is 2.06. The number of nitrogens with zero attached hydrogens (tertiary/aromatic N) is 1. The predicted octanol–water partition coefficient (Wildman–Crippen LogP) is 0.182. The molecule has 1 heterocycles. The Bertz CT molecular complexity index is 202. The summed E-state index contributed by atoms with van der Waals surface area (Å²) in [5, 5.41) is 3.24. The lowest BCUT2D eigenvalue weighted by molar-refractivity contribution is -0.136. The molecule has 1 amide bonds. The number of piperazine rings is 1. The van der Waals surface area contributed by atoms with E-state index in [4.69, 9.17) is 5.73 Å². The van der Waals surface area contributed by atoms with E-state index in [1.54, 1.807) is 0 Å². The van der Waals surface area contributed by atoms with Crippen LogP contribution in [0.2, 0.25) is 0 Å². The SMILES string of the molecule is CCC(N)C(CC)C(=O)N1CCNCC1. The fraction of sp³-hybridized carbons (Fsp3) is 0.909. The summed E-state index contributed by atoms with van der Waals surface area (Å²) in [6.07, 6.45) is 1.72. The van der Waals surface area contributed by atoms with E-state index < -0.39 is 0 Å². The molecule has 1 aliphatic rings. The monoisotopic (exact) mass is 213 g/mol. The van der Waals surface area contributed by atoms with Crippen LogP contribution in [0.3, 0.4) is 0 Å². The van der Waals surface area contributed by atoms with Gasteiger partial charge in [0.15, 0.2) is 0 Å². The molecule has 0 aromatic heterocycles. The van der Waals surface area contributed by atoms with Gasteiger partial charge in [0.25, 0.3) is 0 Å². The Balaban J connectivity index is 2.54. The summed E-state index contributed by atoms with van der Waals surface area (Å²) in [4.78, 5) is 14.1. The number of carbonyl (C=O) groups excluding carboxylic acids is 1. The standard InChI is InChI=1S/C11H23N3O/c1-3-9(10(12)4-2)11(15)14-7-5-13-6-8-14/h9-10,13H,3-8,12H2,1-2H3. The van der Waals surface area contributed by atoms with Crippen molar-refractivity contribution in [3.05, 3.63) is 0 Å². The molecule has 1 fully saturated rings. The summed E-state index contributed by atoms with van der Waals surface area (Å²) in [5.74, 6) is 0.251. The van der Waals surface area contributed by atoms with Crippen LogP contribution in [-0.4, -0.2) is 43.0 Å². The van der Waals surface area contributed by atoms with Crippen molar-refractivity contribution in [2.45, 2.75) is 32.7 Å². The van der Waals surface area contributed by atoms with Crippen LogP contribution in [-0.2, 0) is 4.79 Å². The first-order valence-electron chi connectivity index (χ1n) is 5.95. The van der Waals surface area contributed by atoms with Crippen molar-refractivity contribution in [3.63, 3.8) is 0 Å². The third-order valence-electron chi connectivity index (χ3n) is 3.17. The van der Waals surface area contributed by atoms with Crippen LogP contribution in [0.25, 0.3) is 0 Å². The highest BCUT2D eigenvalue weighted by atomic mass is 16.2. The minimum Gasteiger partial charge on any atom is -0.340 e. The Morgan fingerprint density at radius 2 is 1.93 bits per heavy atom. The van der Waals surface area contributed by atoms with Gasteiger partial charge < -0.3 is 16.0 Å². The lowest BCUT2D eigenvalue weighted by atomic mass is 9.94. The van der Waals surface area contributed by atoms with Crippen molar-refractivity contribution in [2.75, 3.05) is 26.2 Å². The summed E-state index contributed by atoms with van der Waals surface area (Å²) in [6, 6.07) is 0.0115. The fourth-order valence-electron chi connectivity index (χ4n) is 2.06. The summed E-state index contributed by atoms with van der Waals surface area (Å²) in [6.45, 7) is 7.54. The Morgan fingerprint density at radius 3 is 2.40 bits per heavy atom. The molecule has 2 atom stereocenters. The molecule has 0 aromatic carbocycles. The second-order valence-electron chi connectivity index (χ2n) is 4.16. The molecular formula is C11H23N3O. The average molecular weight is 213 g/mol. The van der Waals surface area contributed by atoms with Crippen LogP contribution >= 0.6 is 0 Å². The third-order valence-corrected chi connectivity index (χ3v) is 3.17. The van der Waals surface area contributed by atoms with Crippen molar-refractivity contribution in [3.8, 4) is 0 Å². The first kappa shape index (κ1) is 12.5. The van der Waals surface area contributed by atoms with Gasteiger partial charge in [0.1, 0.15) is 0 Å². The van der Waals surface area contributed by atoms with Crippen LogP contribution in [0.5, 0.6) is 0 Å². The number of hydrogen-bond acceptors (Lipinski definition) is 3. The molecule has 3 N–H and O–H groups in total. The van der Waals surface area contributed by atoms with Crippen molar-refractivity contribution in [1.82, 2.24) is 10.2 Å². The van der Waals surface area contributed by atoms with Crippen LogP contribution in [0.4, 0.5) is 0 Å². The molecule has 0 aliphatic carbocycles. The molecule has 0 bridgehead atoms. The van der Waals surface area contributed by atoms with Gasteiger partial charge in [-0.2, -0.15) is 0 Å². The molecule has 4 heteroatoms. The minimum absolute atomic E-state index is 0.00750. The number of hydrogen-bond donors (Lipinski definition) is 2. The van der Waals surface area contributed by atoms with Gasteiger partial charge in [-0.05, 0) is 12.8 Å². The number of carbonyl (C=O) groups is 1. The van der Waals surface area contributed by atoms with Crippen LogP contribution in [0.1, 0.15) is 26.7 Å². The Kier molecular flexibility index (Phi) is 5.05. The molecule has 0 aromatic rings. The maximum atomic E-state index is 12.1. The molecule has 1 saturated heterocycles. The number of amides is 1. The molecule has 1 rings (SSSR count). The molecular weight excluding hydrogens is 190 g/mol. The van der Waals surface area contributed by atoms with E-state index in [9.17, 15) is 4.79 Å². The molecule has 1 aliphatic heterocycles. The lowest BCUT2D eigenvalue weighted by Crippen LogP contribution is -2.51. The van der Waals surface area contributed by atoms with Gasteiger partial charge in [-0.1, -0.05) is 13.8 Å². The average Bonchev–Trinajstić information content (AvgIpc) is 2.30. The second kappa shape index (κ2) is 6.08. The minimum atomic E-state index is 0.00750. The van der Waals surface area contributed by atoms with Crippen molar-refractivity contribution in [1.29, 1.82) is 0 Å². The molecule has 2 unspecified atom stereocenters. The molecule has 0 spiro atoms. The van der Waals surface area contributed by atoms with Crippen LogP contribution in [0, 0.1) is 5.92 Å². The zero-order valence-electron chi connectivity index (χ0n) is 9.83. The Labute approximate surface area is 92.2 Å². The summed E-state index contributed by atoms with van der Waals surface area (Å²) < 4.78 is 0. The highest BCUT2D eigenvalue weighted by Crippen LogP contribution is 2.14. The van der Waals surface area contributed by atoms with Crippen molar-refractivity contribution in [2.24, 2.45) is 11.7 Å². The van der Waals surface area contributed by atoms with E-state index in [0.717, 1.165) is 39.0 Å². The summed E-state index contributed by atoms with van der Waals surface area (Å²) in [5.41, 5.74) is 5.97. The Hall–Kier alpha value is -0.610. The van der Waals surface area contributed by atoms with Crippen molar-refractivity contribution < 1.29 is 4.79 Å². The van der Waals surface area contributed by atoms with Gasteiger partial charge in [-0.15, -0.1) is 0 Å². The van der Waals surface area contributed by atoms with Gasteiger partial charge in [-0.25, -0.2) is 0 Å². The summed E-state index contributed by atoms with van der Waals surface area (Å²) in [7, 11) is 0. The quantitative estimate of drug-likeness (QED) is 0.700. The van der Waals surface area contributed by atoms with Crippen molar-refractivity contribution >= 4 is 5.91 Å². The maximum absolute atomic E-state index is 12.1. The van der Waals surface area contributed by atoms with Gasteiger partial charge in [0, 0.05) is 32.2 Å². The lowest BCUT2D eigenvalue weighted by Gasteiger charge is -2.32. The molecule has 88 valence electrons. The predicted molar refractivity (Wildman–Crippen MR) is 61.5 cm³/mol. The Morgan fingerprint density at radius 1 is 1.33 bits per heavy atom. The van der Waals surface area contributed by atoms with E-state index in [-0.39, 0.29) is 17.9 Å². The number of nitrogens with two attached hydrogens (primary N) is 1. The van der Waals surface area contributed by atoms with Gasteiger partial charge >= 0.3 is 0 Å². The first-order chi connectivity index (χ1) is 7.20. The third kappa shape index (κ3) is 3.18. The van der Waals surface area contributed by atoms with Crippen LogP contribution < -0.4 is 11.1 Å². The zero-order valence-corrected chi connectivity index (χ0v) is 9.83. The number of rotatable bonds is 4. The van der Waals surface area contributed by atoms with E-state index in [1.165, 1.54) is 0 Å². The normalized spacial score (nSPS) is 21.1. The van der Waals surface area contributed by atoms with Gasteiger partial charge in [-0.3, -0.25) is 4.79 Å². The molecule has 0 radical (unpaired) electrons. The van der Waals surface area contributed by atoms with E-state index >= 15 is 0 Å².